The van der Waals surface area contributed by atoms with Crippen molar-refractivity contribution in [2.45, 2.75) is 25.2 Å². The lowest BCUT2D eigenvalue weighted by molar-refractivity contribution is 0.416. The normalized spacial score (nSPS) is 28.4. The Labute approximate surface area is 120 Å². The largest absolute Gasteiger partial charge is 0.367 e. The second-order valence-electron chi connectivity index (χ2n) is 5.71. The Bertz CT molecular complexity index is 627. The van der Waals surface area contributed by atoms with Crippen molar-refractivity contribution in [1.29, 1.82) is 0 Å². The predicted octanol–water partition coefficient (Wildman–Crippen LogP) is 4.20. The molecule has 0 amide bonds. The zero-order valence-corrected chi connectivity index (χ0v) is 12.1. The maximum absolute atomic E-state index is 6.01. The van der Waals surface area contributed by atoms with Gasteiger partial charge in [-0.05, 0) is 37.2 Å². The molecular formula is C15H15BrN2O. The number of benzene rings is 1. The Morgan fingerprint density at radius 3 is 2.63 bits per heavy atom. The first-order valence-corrected chi connectivity index (χ1v) is 7.53. The van der Waals surface area contributed by atoms with Crippen LogP contribution in [0.3, 0.4) is 0 Å². The number of hydrogen-bond donors (Lipinski definition) is 1. The summed E-state index contributed by atoms with van der Waals surface area (Å²) in [5.41, 5.74) is 9.12. The van der Waals surface area contributed by atoms with E-state index in [-0.39, 0.29) is 0 Å². The number of halogens is 1. The number of nitrogen functional groups attached to an aromatic ring is 1. The number of nitrogens with zero attached hydrogens (tertiary/aromatic N) is 1. The molecule has 2 aromatic rings. The van der Waals surface area contributed by atoms with Gasteiger partial charge in [0.05, 0.1) is 11.3 Å². The quantitative estimate of drug-likeness (QED) is 0.902. The molecule has 0 saturated heterocycles. The molecule has 2 atom stereocenters. The van der Waals surface area contributed by atoms with E-state index in [0.717, 1.165) is 33.1 Å². The minimum absolute atomic E-state index is 0.433. The summed E-state index contributed by atoms with van der Waals surface area (Å²) in [4.78, 5) is 0. The molecule has 4 heteroatoms. The third kappa shape index (κ3) is 1.81. The third-order valence-electron chi connectivity index (χ3n) is 4.52. The first kappa shape index (κ1) is 11.5. The SMILES string of the molecule is Nc1onc(C2CC3CC3C2)c1-c1ccccc1Br. The van der Waals surface area contributed by atoms with E-state index in [1.54, 1.807) is 0 Å². The van der Waals surface area contributed by atoms with Crippen molar-refractivity contribution in [2.75, 3.05) is 5.73 Å². The maximum atomic E-state index is 6.01. The third-order valence-corrected chi connectivity index (χ3v) is 5.21. The molecule has 98 valence electrons. The second-order valence-corrected chi connectivity index (χ2v) is 6.57. The molecule has 0 radical (unpaired) electrons. The Morgan fingerprint density at radius 2 is 1.89 bits per heavy atom. The van der Waals surface area contributed by atoms with E-state index in [1.165, 1.54) is 19.3 Å². The van der Waals surface area contributed by atoms with Crippen LogP contribution in [0.1, 0.15) is 30.9 Å². The molecule has 2 aliphatic carbocycles. The number of nitrogens with two attached hydrogens (primary N) is 1. The van der Waals surface area contributed by atoms with Crippen LogP contribution in [0.5, 0.6) is 0 Å². The van der Waals surface area contributed by atoms with E-state index >= 15 is 0 Å². The highest BCUT2D eigenvalue weighted by atomic mass is 79.9. The molecule has 19 heavy (non-hydrogen) atoms. The van der Waals surface area contributed by atoms with Gasteiger partial charge in [-0.3, -0.25) is 0 Å². The van der Waals surface area contributed by atoms with Gasteiger partial charge in [-0.1, -0.05) is 39.3 Å². The molecule has 1 aromatic carbocycles. The van der Waals surface area contributed by atoms with E-state index in [1.807, 2.05) is 18.2 Å². The fourth-order valence-electron chi connectivity index (χ4n) is 3.47. The van der Waals surface area contributed by atoms with Crippen molar-refractivity contribution in [3.05, 3.63) is 34.4 Å². The van der Waals surface area contributed by atoms with Gasteiger partial charge in [-0.2, -0.15) is 0 Å². The molecule has 2 unspecified atom stereocenters. The maximum Gasteiger partial charge on any atom is 0.230 e. The van der Waals surface area contributed by atoms with E-state index in [0.29, 0.717) is 11.8 Å². The standard InChI is InChI=1S/C15H15BrN2O/c16-12-4-2-1-3-11(12)13-14(18-19-15(13)17)10-6-8-5-9(8)7-10/h1-4,8-10H,5-7,17H2. The first-order chi connectivity index (χ1) is 9.24. The summed E-state index contributed by atoms with van der Waals surface area (Å²) in [6.07, 6.45) is 3.90. The average molecular weight is 319 g/mol. The monoisotopic (exact) mass is 318 g/mol. The Hall–Kier alpha value is -1.29. The fourth-order valence-corrected chi connectivity index (χ4v) is 3.95. The van der Waals surface area contributed by atoms with E-state index in [2.05, 4.69) is 27.2 Å². The molecule has 3 nitrogen and oxygen atoms in total. The van der Waals surface area contributed by atoms with Crippen molar-refractivity contribution in [2.24, 2.45) is 11.8 Å². The number of fused-ring (bicyclic) bond motifs is 1. The summed E-state index contributed by atoms with van der Waals surface area (Å²) in [5, 5.41) is 4.25. The summed E-state index contributed by atoms with van der Waals surface area (Å²) in [7, 11) is 0. The molecule has 1 aromatic heterocycles. The van der Waals surface area contributed by atoms with Gasteiger partial charge in [0.2, 0.25) is 5.88 Å². The van der Waals surface area contributed by atoms with Gasteiger partial charge in [0.1, 0.15) is 0 Å². The van der Waals surface area contributed by atoms with Crippen molar-refractivity contribution in [1.82, 2.24) is 5.16 Å². The Kier molecular flexibility index (Phi) is 2.49. The van der Waals surface area contributed by atoms with Crippen molar-refractivity contribution in [3.63, 3.8) is 0 Å². The van der Waals surface area contributed by atoms with E-state index in [4.69, 9.17) is 10.3 Å². The average Bonchev–Trinajstić information content (AvgIpc) is 2.84. The van der Waals surface area contributed by atoms with Crippen LogP contribution in [0.4, 0.5) is 5.88 Å². The fraction of sp³-hybridized carbons (Fsp3) is 0.400. The van der Waals surface area contributed by atoms with E-state index < -0.39 is 0 Å². The van der Waals surface area contributed by atoms with Crippen LogP contribution in [-0.2, 0) is 0 Å². The highest BCUT2D eigenvalue weighted by Crippen LogP contribution is 2.58. The first-order valence-electron chi connectivity index (χ1n) is 6.74. The number of rotatable bonds is 2. The number of aromatic nitrogens is 1. The minimum atomic E-state index is 0.433. The molecule has 0 spiro atoms. The lowest BCUT2D eigenvalue weighted by Gasteiger charge is -2.11. The van der Waals surface area contributed by atoms with Crippen LogP contribution in [0.25, 0.3) is 11.1 Å². The summed E-state index contributed by atoms with van der Waals surface area (Å²) < 4.78 is 6.31. The molecule has 0 aliphatic heterocycles. The molecular weight excluding hydrogens is 304 g/mol. The Morgan fingerprint density at radius 1 is 1.16 bits per heavy atom. The van der Waals surface area contributed by atoms with Crippen LogP contribution < -0.4 is 5.73 Å². The van der Waals surface area contributed by atoms with Gasteiger partial charge in [-0.15, -0.1) is 0 Å². The highest BCUT2D eigenvalue weighted by molar-refractivity contribution is 9.10. The van der Waals surface area contributed by atoms with Crippen LogP contribution in [0.15, 0.2) is 33.3 Å². The van der Waals surface area contributed by atoms with E-state index in [9.17, 15) is 0 Å². The molecule has 2 N–H and O–H groups in total. The van der Waals surface area contributed by atoms with Crippen molar-refractivity contribution < 1.29 is 4.52 Å². The van der Waals surface area contributed by atoms with Gasteiger partial charge in [0.25, 0.3) is 0 Å². The van der Waals surface area contributed by atoms with Crippen molar-refractivity contribution in [3.8, 4) is 11.1 Å². The number of anilines is 1. The lowest BCUT2D eigenvalue weighted by Crippen LogP contribution is -1.99. The van der Waals surface area contributed by atoms with Crippen LogP contribution in [-0.4, -0.2) is 5.16 Å². The molecule has 4 rings (SSSR count). The van der Waals surface area contributed by atoms with Gasteiger partial charge in [0.15, 0.2) is 0 Å². The Balaban J connectivity index is 1.79. The van der Waals surface area contributed by atoms with Gasteiger partial charge in [-0.25, -0.2) is 0 Å². The van der Waals surface area contributed by atoms with Crippen LogP contribution in [0.2, 0.25) is 0 Å². The molecule has 0 bridgehead atoms. The van der Waals surface area contributed by atoms with Crippen LogP contribution in [0, 0.1) is 11.8 Å². The van der Waals surface area contributed by atoms with Crippen molar-refractivity contribution >= 4 is 21.8 Å². The van der Waals surface area contributed by atoms with Gasteiger partial charge in [0, 0.05) is 16.0 Å². The molecule has 1 heterocycles. The zero-order chi connectivity index (χ0) is 13.0. The van der Waals surface area contributed by atoms with Gasteiger partial charge < -0.3 is 10.3 Å². The zero-order valence-electron chi connectivity index (χ0n) is 10.5. The summed E-state index contributed by atoms with van der Waals surface area (Å²) in [6, 6.07) is 8.11. The second kappa shape index (κ2) is 4.10. The highest BCUT2D eigenvalue weighted by Gasteiger charge is 2.47. The molecule has 2 fully saturated rings. The topological polar surface area (TPSA) is 52.0 Å². The summed E-state index contributed by atoms with van der Waals surface area (Å²) in [5.74, 6) is 2.80. The summed E-state index contributed by atoms with van der Waals surface area (Å²) in [6.45, 7) is 0. The molecule has 2 saturated carbocycles. The minimum Gasteiger partial charge on any atom is -0.367 e. The smallest absolute Gasteiger partial charge is 0.230 e. The summed E-state index contributed by atoms with van der Waals surface area (Å²) >= 11 is 3.59. The lowest BCUT2D eigenvalue weighted by atomic mass is 9.93. The van der Waals surface area contributed by atoms with Crippen LogP contribution >= 0.6 is 15.9 Å². The predicted molar refractivity (Wildman–Crippen MR) is 77.6 cm³/mol. The molecule has 2 aliphatic rings. The number of hydrogen-bond acceptors (Lipinski definition) is 3. The van der Waals surface area contributed by atoms with Gasteiger partial charge >= 0.3 is 0 Å².